The zero-order valence-electron chi connectivity index (χ0n) is 12.1. The van der Waals surface area contributed by atoms with E-state index in [4.69, 9.17) is 5.11 Å². The number of carboxylic acid groups (broad SMARTS) is 1. The number of nitro benzene ring substituents is 1. The highest BCUT2D eigenvalue weighted by Crippen LogP contribution is 2.10. The van der Waals surface area contributed by atoms with Gasteiger partial charge in [0.1, 0.15) is 0 Å². The van der Waals surface area contributed by atoms with Crippen LogP contribution in [-0.4, -0.2) is 16.0 Å². The highest BCUT2D eigenvalue weighted by molar-refractivity contribution is 5.69. The fourth-order valence-electron chi connectivity index (χ4n) is 1.55. The number of hydrogen-bond acceptors (Lipinski definition) is 3. The molecule has 5 heteroatoms. The number of carbonyl (C=O) groups is 1. The van der Waals surface area contributed by atoms with E-state index in [2.05, 4.69) is 6.92 Å². The molecular formula is C15H23NO4. The van der Waals surface area contributed by atoms with E-state index >= 15 is 0 Å². The largest absolute Gasteiger partial charge is 0.481 e. The maximum absolute atomic E-state index is 10.4. The molecule has 112 valence electrons. The Bertz CT molecular complexity index is 392. The van der Waals surface area contributed by atoms with E-state index in [1.165, 1.54) is 31.4 Å². The predicted octanol–water partition coefficient (Wildman–Crippen LogP) is 4.27. The van der Waals surface area contributed by atoms with Crippen LogP contribution in [0.4, 0.5) is 5.69 Å². The van der Waals surface area contributed by atoms with Crippen LogP contribution in [0.1, 0.15) is 46.0 Å². The predicted molar refractivity (Wildman–Crippen MR) is 78.7 cm³/mol. The summed E-state index contributed by atoms with van der Waals surface area (Å²) in [5.74, 6) is -0.826. The molecule has 1 unspecified atom stereocenters. The minimum absolute atomic E-state index is 0.137. The van der Waals surface area contributed by atoms with Gasteiger partial charge in [-0.1, -0.05) is 57.7 Å². The average molecular weight is 281 g/mol. The van der Waals surface area contributed by atoms with E-state index in [1.807, 2.05) is 0 Å². The van der Waals surface area contributed by atoms with Crippen molar-refractivity contribution in [1.29, 1.82) is 0 Å². The summed E-state index contributed by atoms with van der Waals surface area (Å²) in [6.07, 6.45) is 5.50. The zero-order chi connectivity index (χ0) is 15.4. The Morgan fingerprint density at radius 1 is 1.25 bits per heavy atom. The van der Waals surface area contributed by atoms with Crippen LogP contribution in [0.3, 0.4) is 0 Å². The lowest BCUT2D eigenvalue weighted by atomic mass is 10.0. The highest BCUT2D eigenvalue weighted by Gasteiger charge is 2.08. The van der Waals surface area contributed by atoms with Crippen molar-refractivity contribution in [2.24, 2.45) is 5.92 Å². The number of carboxylic acids is 1. The molecule has 1 rings (SSSR count). The Kier molecular flexibility index (Phi) is 9.92. The first-order chi connectivity index (χ1) is 9.49. The first kappa shape index (κ1) is 18.1. The van der Waals surface area contributed by atoms with E-state index in [0.717, 1.165) is 12.8 Å². The summed E-state index contributed by atoms with van der Waals surface area (Å²) < 4.78 is 0. The van der Waals surface area contributed by atoms with Gasteiger partial charge in [0.05, 0.1) is 10.8 Å². The summed E-state index contributed by atoms with van der Waals surface area (Å²) in [5, 5.41) is 18.5. The summed E-state index contributed by atoms with van der Waals surface area (Å²) in [6, 6.07) is 7.93. The second kappa shape index (κ2) is 11.0. The van der Waals surface area contributed by atoms with Crippen molar-refractivity contribution >= 4 is 11.7 Å². The van der Waals surface area contributed by atoms with Crippen LogP contribution in [0.15, 0.2) is 30.3 Å². The lowest BCUT2D eigenvalue weighted by Gasteiger charge is -2.04. The number of rotatable bonds is 7. The molecule has 1 N–H and O–H groups in total. The van der Waals surface area contributed by atoms with Crippen molar-refractivity contribution in [3.8, 4) is 0 Å². The smallest absolute Gasteiger partial charge is 0.306 e. The normalized spacial score (nSPS) is 11.1. The third-order valence-electron chi connectivity index (χ3n) is 2.88. The third kappa shape index (κ3) is 9.08. The van der Waals surface area contributed by atoms with Gasteiger partial charge in [-0.3, -0.25) is 14.9 Å². The average Bonchev–Trinajstić information content (AvgIpc) is 2.45. The van der Waals surface area contributed by atoms with Crippen LogP contribution < -0.4 is 0 Å². The van der Waals surface area contributed by atoms with E-state index in [1.54, 1.807) is 25.1 Å². The van der Waals surface area contributed by atoms with E-state index in [9.17, 15) is 14.9 Å². The Hall–Kier alpha value is -1.91. The Morgan fingerprint density at radius 2 is 1.85 bits per heavy atom. The molecule has 0 radical (unpaired) electrons. The Balaban J connectivity index is 0.000000367. The van der Waals surface area contributed by atoms with Gasteiger partial charge < -0.3 is 5.11 Å². The van der Waals surface area contributed by atoms with Crippen LogP contribution in [0.2, 0.25) is 0 Å². The van der Waals surface area contributed by atoms with Crippen molar-refractivity contribution in [2.75, 3.05) is 0 Å². The van der Waals surface area contributed by atoms with Crippen LogP contribution >= 0.6 is 0 Å². The number of aliphatic carboxylic acids is 1. The molecule has 0 aliphatic carbocycles. The molecule has 1 atom stereocenters. The third-order valence-corrected chi connectivity index (χ3v) is 2.88. The number of nitro groups is 1. The van der Waals surface area contributed by atoms with Gasteiger partial charge in [0.25, 0.3) is 5.69 Å². The summed E-state index contributed by atoms with van der Waals surface area (Å²) in [7, 11) is 0. The van der Waals surface area contributed by atoms with Crippen molar-refractivity contribution < 1.29 is 14.8 Å². The summed E-state index contributed by atoms with van der Waals surface area (Å²) in [4.78, 5) is 20.0. The first-order valence-electron chi connectivity index (χ1n) is 6.91. The van der Waals surface area contributed by atoms with Crippen molar-refractivity contribution in [2.45, 2.75) is 46.0 Å². The molecule has 1 aromatic rings. The number of unbranched alkanes of at least 4 members (excludes halogenated alkanes) is 3. The monoisotopic (exact) mass is 281 g/mol. The molecule has 0 heterocycles. The SMILES string of the molecule is CCCCCCC(C)C(=O)O.O=[N+]([O-])c1ccccc1. The maximum atomic E-state index is 10.4. The van der Waals surface area contributed by atoms with Gasteiger partial charge in [-0.25, -0.2) is 0 Å². The van der Waals surface area contributed by atoms with E-state index < -0.39 is 10.9 Å². The molecule has 0 saturated carbocycles. The van der Waals surface area contributed by atoms with E-state index in [-0.39, 0.29) is 11.6 Å². The highest BCUT2D eigenvalue weighted by atomic mass is 16.6. The first-order valence-corrected chi connectivity index (χ1v) is 6.91. The van der Waals surface area contributed by atoms with Crippen LogP contribution in [0.5, 0.6) is 0 Å². The number of para-hydroxylation sites is 1. The fraction of sp³-hybridized carbons (Fsp3) is 0.533. The van der Waals surface area contributed by atoms with Gasteiger partial charge in [0, 0.05) is 12.1 Å². The van der Waals surface area contributed by atoms with Gasteiger partial charge in [-0.05, 0) is 6.42 Å². The fourth-order valence-corrected chi connectivity index (χ4v) is 1.55. The van der Waals surface area contributed by atoms with Gasteiger partial charge in [-0.2, -0.15) is 0 Å². The minimum Gasteiger partial charge on any atom is -0.481 e. The molecule has 5 nitrogen and oxygen atoms in total. The molecule has 0 fully saturated rings. The second-order valence-corrected chi connectivity index (χ2v) is 4.68. The van der Waals surface area contributed by atoms with Gasteiger partial charge >= 0.3 is 5.97 Å². The molecular weight excluding hydrogens is 258 g/mol. The molecule has 20 heavy (non-hydrogen) atoms. The van der Waals surface area contributed by atoms with Gasteiger partial charge in [0.15, 0.2) is 0 Å². The molecule has 0 amide bonds. The van der Waals surface area contributed by atoms with Crippen LogP contribution in [0.25, 0.3) is 0 Å². The van der Waals surface area contributed by atoms with Gasteiger partial charge in [0.2, 0.25) is 0 Å². The van der Waals surface area contributed by atoms with Crippen molar-refractivity contribution in [1.82, 2.24) is 0 Å². The van der Waals surface area contributed by atoms with Crippen molar-refractivity contribution in [3.63, 3.8) is 0 Å². The Morgan fingerprint density at radius 3 is 2.25 bits per heavy atom. The lowest BCUT2D eigenvalue weighted by Crippen LogP contribution is -2.08. The summed E-state index contributed by atoms with van der Waals surface area (Å²) >= 11 is 0. The molecule has 1 aromatic carbocycles. The summed E-state index contributed by atoms with van der Waals surface area (Å²) in [6.45, 7) is 3.93. The second-order valence-electron chi connectivity index (χ2n) is 4.68. The van der Waals surface area contributed by atoms with Crippen LogP contribution in [0, 0.1) is 16.0 Å². The zero-order valence-corrected chi connectivity index (χ0v) is 12.1. The Labute approximate surface area is 119 Å². The maximum Gasteiger partial charge on any atom is 0.306 e. The molecule has 0 aliphatic heterocycles. The number of benzene rings is 1. The lowest BCUT2D eigenvalue weighted by molar-refractivity contribution is -0.384. The molecule has 0 aliphatic rings. The number of nitrogens with zero attached hydrogens (tertiary/aromatic N) is 1. The molecule has 0 bridgehead atoms. The molecule has 0 spiro atoms. The van der Waals surface area contributed by atoms with Crippen LogP contribution in [-0.2, 0) is 4.79 Å². The number of hydrogen-bond donors (Lipinski definition) is 1. The molecule has 0 saturated heterocycles. The quantitative estimate of drug-likeness (QED) is 0.459. The van der Waals surface area contributed by atoms with Gasteiger partial charge in [-0.15, -0.1) is 0 Å². The summed E-state index contributed by atoms with van der Waals surface area (Å²) in [5.41, 5.74) is 0.137. The topological polar surface area (TPSA) is 80.4 Å². The molecule has 0 aromatic heterocycles. The standard InChI is InChI=1S/C9H18O2.C6H5NO2/c1-3-4-5-6-7-8(2)9(10)11;8-7(9)6-4-2-1-3-5-6/h8H,3-7H2,1-2H3,(H,10,11);1-5H. The van der Waals surface area contributed by atoms with E-state index in [0.29, 0.717) is 0 Å². The minimum atomic E-state index is -0.665. The van der Waals surface area contributed by atoms with Crippen molar-refractivity contribution in [3.05, 3.63) is 40.4 Å². The number of non-ortho nitro benzene ring substituents is 1.